The van der Waals surface area contributed by atoms with E-state index in [4.69, 9.17) is 9.47 Å². The van der Waals surface area contributed by atoms with Crippen molar-refractivity contribution in [2.24, 2.45) is 17.3 Å². The molecule has 1 saturated heterocycles. The van der Waals surface area contributed by atoms with Crippen molar-refractivity contribution >= 4 is 0 Å². The minimum Gasteiger partial charge on any atom is -0.504 e. The van der Waals surface area contributed by atoms with E-state index in [1.54, 1.807) is 0 Å². The maximum absolute atomic E-state index is 12.0. The third-order valence-corrected chi connectivity index (χ3v) is 11.4. The second-order valence-corrected chi connectivity index (χ2v) is 12.9. The van der Waals surface area contributed by atoms with Crippen molar-refractivity contribution in [2.75, 3.05) is 20.2 Å². The van der Waals surface area contributed by atoms with Crippen LogP contribution in [0.25, 0.3) is 0 Å². The number of likely N-dealkylation sites (tertiary alicyclic amines) is 1. The number of ether oxygens (including phenoxy) is 2. The number of benzene rings is 1. The molecule has 4 bridgehead atoms. The summed E-state index contributed by atoms with van der Waals surface area (Å²) in [6, 6.07) is 4.49. The van der Waals surface area contributed by atoms with Crippen LogP contribution in [0.15, 0.2) is 12.1 Å². The summed E-state index contributed by atoms with van der Waals surface area (Å²) in [5.41, 5.74) is 1.30. The SMILES string of the molecule is CCCC[C@@](C)(O)[C@H]1C[C@]23CC[C@@]1(OC)[C@H]1Oc4c(O)ccc5c4[C@]12CCN(CC1CC1)[C@H]3C5. The van der Waals surface area contributed by atoms with Crippen molar-refractivity contribution < 1.29 is 19.7 Å². The summed E-state index contributed by atoms with van der Waals surface area (Å²) < 4.78 is 13.4. The van der Waals surface area contributed by atoms with E-state index in [0.717, 1.165) is 69.6 Å². The van der Waals surface area contributed by atoms with Crippen LogP contribution in [-0.4, -0.2) is 58.7 Å². The van der Waals surface area contributed by atoms with E-state index in [2.05, 4.69) is 24.8 Å². The number of hydrogen-bond acceptors (Lipinski definition) is 5. The second-order valence-electron chi connectivity index (χ2n) is 12.9. The van der Waals surface area contributed by atoms with E-state index in [-0.39, 0.29) is 28.6 Å². The molecule has 34 heavy (non-hydrogen) atoms. The largest absolute Gasteiger partial charge is 0.504 e. The number of fused-ring (bicyclic) bond motifs is 2. The molecule has 5 fully saturated rings. The minimum absolute atomic E-state index is 0.0322. The molecule has 5 aliphatic carbocycles. The standard InChI is InChI=1S/C29H41NO4/c1-4-5-10-26(2,32)21-16-27-11-12-29(21,33-3)25-28(27)13-14-30(17-18-6-7-18)22(27)15-19-8-9-20(31)24(34-25)23(19)28/h8-9,18,21-22,25,31-32H,4-7,10-17H2,1-3H3/t21-,22+,25+,26-,27+,28-,29+/m1/s1. The summed E-state index contributed by atoms with van der Waals surface area (Å²) in [5.74, 6) is 1.89. The molecular formula is C29H41NO4. The molecule has 0 radical (unpaired) electrons. The Hall–Kier alpha value is -1.30. The third kappa shape index (κ3) is 2.42. The number of nitrogens with zero attached hydrogens (tertiary/aromatic N) is 1. The van der Waals surface area contributed by atoms with E-state index >= 15 is 0 Å². The molecule has 1 aromatic rings. The summed E-state index contributed by atoms with van der Waals surface area (Å²) >= 11 is 0. The first-order chi connectivity index (χ1) is 16.3. The monoisotopic (exact) mass is 467 g/mol. The zero-order valence-corrected chi connectivity index (χ0v) is 21.1. The number of methoxy groups -OCH3 is 1. The number of phenolic OH excluding ortho intramolecular Hbond substituents is 1. The Bertz CT molecular complexity index is 1020. The topological polar surface area (TPSA) is 62.2 Å². The van der Waals surface area contributed by atoms with Crippen LogP contribution in [0, 0.1) is 17.3 Å². The number of unbranched alkanes of at least 4 members (excludes halogenated alkanes) is 1. The van der Waals surface area contributed by atoms with Gasteiger partial charge in [-0.25, -0.2) is 0 Å². The van der Waals surface area contributed by atoms with Crippen LogP contribution in [0.3, 0.4) is 0 Å². The van der Waals surface area contributed by atoms with Crippen LogP contribution in [0.5, 0.6) is 11.5 Å². The van der Waals surface area contributed by atoms with Gasteiger partial charge >= 0.3 is 0 Å². The molecule has 2 N–H and O–H groups in total. The molecule has 2 spiro atoms. The van der Waals surface area contributed by atoms with E-state index in [0.29, 0.717) is 6.04 Å². The molecule has 5 nitrogen and oxygen atoms in total. The van der Waals surface area contributed by atoms with Crippen LogP contribution in [-0.2, 0) is 16.6 Å². The Morgan fingerprint density at radius 1 is 1.24 bits per heavy atom. The number of piperidine rings is 1. The van der Waals surface area contributed by atoms with E-state index in [1.807, 2.05) is 13.2 Å². The van der Waals surface area contributed by atoms with Gasteiger partial charge in [0.1, 0.15) is 11.7 Å². The molecule has 2 aliphatic heterocycles. The average molecular weight is 468 g/mol. The number of aliphatic hydroxyl groups is 1. The van der Waals surface area contributed by atoms with Gasteiger partial charge < -0.3 is 19.7 Å². The van der Waals surface area contributed by atoms with Crippen molar-refractivity contribution in [1.29, 1.82) is 0 Å². The lowest BCUT2D eigenvalue weighted by atomic mass is 9.33. The normalized spacial score (nSPS) is 43.4. The van der Waals surface area contributed by atoms with Crippen LogP contribution in [0.4, 0.5) is 0 Å². The quantitative estimate of drug-likeness (QED) is 0.616. The lowest BCUT2D eigenvalue weighted by molar-refractivity contribution is -0.303. The molecule has 1 aromatic carbocycles. The lowest BCUT2D eigenvalue weighted by Gasteiger charge is -2.75. The first-order valence-corrected chi connectivity index (χ1v) is 13.9. The number of phenols is 1. The van der Waals surface area contributed by atoms with Gasteiger partial charge in [-0.15, -0.1) is 0 Å². The van der Waals surface area contributed by atoms with Gasteiger partial charge in [-0.1, -0.05) is 25.8 Å². The third-order valence-electron chi connectivity index (χ3n) is 11.4. The predicted molar refractivity (Wildman–Crippen MR) is 130 cm³/mol. The number of hydrogen-bond donors (Lipinski definition) is 2. The first kappa shape index (κ1) is 21.9. The highest BCUT2D eigenvalue weighted by atomic mass is 16.6. The Labute approximate surface area is 203 Å². The Kier molecular flexibility index (Phi) is 4.47. The molecule has 0 amide bonds. The fourth-order valence-electron chi connectivity index (χ4n) is 9.84. The van der Waals surface area contributed by atoms with Crippen LogP contribution in [0.2, 0.25) is 0 Å². The van der Waals surface area contributed by atoms with Crippen LogP contribution in [0.1, 0.15) is 82.8 Å². The van der Waals surface area contributed by atoms with Crippen molar-refractivity contribution in [3.8, 4) is 11.5 Å². The molecule has 0 aromatic heterocycles. The Balaban J connectivity index is 1.43. The minimum atomic E-state index is -0.795. The van der Waals surface area contributed by atoms with E-state index < -0.39 is 11.2 Å². The van der Waals surface area contributed by atoms with Gasteiger partial charge in [0.15, 0.2) is 11.5 Å². The van der Waals surface area contributed by atoms with Crippen LogP contribution < -0.4 is 4.74 Å². The summed E-state index contributed by atoms with van der Waals surface area (Å²) in [5, 5.41) is 22.9. The van der Waals surface area contributed by atoms with Crippen LogP contribution >= 0.6 is 0 Å². The van der Waals surface area contributed by atoms with E-state index in [9.17, 15) is 10.2 Å². The maximum atomic E-state index is 12.0. The fraction of sp³-hybridized carbons (Fsp3) is 0.793. The zero-order chi connectivity index (χ0) is 23.5. The smallest absolute Gasteiger partial charge is 0.165 e. The molecule has 186 valence electrons. The van der Waals surface area contributed by atoms with Gasteiger partial charge in [-0.3, -0.25) is 4.90 Å². The van der Waals surface area contributed by atoms with Gasteiger partial charge in [0.2, 0.25) is 0 Å². The molecule has 5 heteroatoms. The van der Waals surface area contributed by atoms with Crippen molar-refractivity contribution in [2.45, 2.75) is 107 Å². The molecule has 7 aliphatic rings. The summed E-state index contributed by atoms with van der Waals surface area (Å²) in [6.07, 6.45) is 10.7. The predicted octanol–water partition coefficient (Wildman–Crippen LogP) is 4.56. The summed E-state index contributed by atoms with van der Waals surface area (Å²) in [4.78, 5) is 2.83. The highest BCUT2D eigenvalue weighted by Crippen LogP contribution is 2.77. The van der Waals surface area contributed by atoms with Gasteiger partial charge in [0.05, 0.1) is 5.60 Å². The highest BCUT2D eigenvalue weighted by molar-refractivity contribution is 5.63. The van der Waals surface area contributed by atoms with Crippen molar-refractivity contribution in [3.63, 3.8) is 0 Å². The van der Waals surface area contributed by atoms with E-state index in [1.165, 1.54) is 30.5 Å². The lowest BCUT2D eigenvalue weighted by Crippen LogP contribution is -2.82. The fourth-order valence-corrected chi connectivity index (χ4v) is 9.84. The molecule has 2 heterocycles. The van der Waals surface area contributed by atoms with Crippen molar-refractivity contribution in [1.82, 2.24) is 4.90 Å². The second kappa shape index (κ2) is 6.92. The van der Waals surface area contributed by atoms with Gasteiger partial charge in [0.25, 0.3) is 0 Å². The number of aromatic hydroxyl groups is 1. The molecule has 7 atom stereocenters. The van der Waals surface area contributed by atoms with Gasteiger partial charge in [-0.05, 0) is 82.4 Å². The molecular weight excluding hydrogens is 426 g/mol. The molecule has 0 unspecified atom stereocenters. The summed E-state index contributed by atoms with van der Waals surface area (Å²) in [7, 11) is 1.84. The van der Waals surface area contributed by atoms with Gasteiger partial charge in [0, 0.05) is 42.0 Å². The number of rotatable bonds is 7. The first-order valence-electron chi connectivity index (χ1n) is 13.9. The highest BCUT2D eigenvalue weighted by Gasteiger charge is 2.81. The summed E-state index contributed by atoms with van der Waals surface area (Å²) in [6.45, 7) is 6.59. The Morgan fingerprint density at radius 3 is 2.79 bits per heavy atom. The van der Waals surface area contributed by atoms with Gasteiger partial charge in [-0.2, -0.15) is 0 Å². The Morgan fingerprint density at radius 2 is 2.06 bits per heavy atom. The average Bonchev–Trinajstić information content (AvgIpc) is 3.57. The molecule has 4 saturated carbocycles. The zero-order valence-electron chi connectivity index (χ0n) is 21.1. The van der Waals surface area contributed by atoms with Crippen molar-refractivity contribution in [3.05, 3.63) is 23.3 Å². The maximum Gasteiger partial charge on any atom is 0.165 e. The molecule has 8 rings (SSSR count).